The molecule has 2 rings (SSSR count). The van der Waals surface area contributed by atoms with Crippen LogP contribution in [0.25, 0.3) is 0 Å². The van der Waals surface area contributed by atoms with Gasteiger partial charge in [-0.15, -0.1) is 5.10 Å². The molecule has 0 bridgehead atoms. The summed E-state index contributed by atoms with van der Waals surface area (Å²) in [7, 11) is 0. The average molecular weight is 328 g/mol. The fraction of sp³-hybridized carbons (Fsp3) is 0.643. The van der Waals surface area contributed by atoms with Gasteiger partial charge in [-0.25, -0.2) is 0 Å². The largest absolute Gasteiger partial charge is 0.309 e. The van der Waals surface area contributed by atoms with Crippen molar-refractivity contribution in [1.82, 2.24) is 24.7 Å². The van der Waals surface area contributed by atoms with E-state index < -0.39 is 0 Å². The number of aryl methyl sites for hydroxylation is 2. The van der Waals surface area contributed by atoms with E-state index >= 15 is 0 Å². The molecule has 2 aromatic heterocycles. The molecule has 0 saturated heterocycles. The van der Waals surface area contributed by atoms with E-state index in [4.69, 9.17) is 11.6 Å². The van der Waals surface area contributed by atoms with E-state index in [-0.39, 0.29) is 6.04 Å². The number of nitrogens with one attached hydrogen (secondary N) is 1. The first-order chi connectivity index (χ1) is 10.2. The molecule has 2 aromatic rings. The van der Waals surface area contributed by atoms with Crippen molar-refractivity contribution < 1.29 is 0 Å². The molecule has 0 amide bonds. The van der Waals surface area contributed by atoms with Crippen LogP contribution in [0.4, 0.5) is 0 Å². The van der Waals surface area contributed by atoms with Gasteiger partial charge in [0.2, 0.25) is 0 Å². The van der Waals surface area contributed by atoms with E-state index in [1.165, 1.54) is 11.5 Å². The zero-order valence-corrected chi connectivity index (χ0v) is 14.3. The highest BCUT2D eigenvalue weighted by atomic mass is 35.5. The summed E-state index contributed by atoms with van der Waals surface area (Å²) >= 11 is 7.95. The Morgan fingerprint density at radius 1 is 1.38 bits per heavy atom. The average Bonchev–Trinajstić information content (AvgIpc) is 3.12. The third-order valence-corrected chi connectivity index (χ3v) is 4.67. The van der Waals surface area contributed by atoms with Crippen LogP contribution in [0.3, 0.4) is 0 Å². The van der Waals surface area contributed by atoms with E-state index in [1.54, 1.807) is 0 Å². The van der Waals surface area contributed by atoms with Gasteiger partial charge in [0.25, 0.3) is 0 Å². The van der Waals surface area contributed by atoms with Crippen LogP contribution < -0.4 is 5.32 Å². The van der Waals surface area contributed by atoms with E-state index in [0.29, 0.717) is 0 Å². The van der Waals surface area contributed by atoms with Crippen LogP contribution >= 0.6 is 23.1 Å². The maximum Gasteiger partial charge on any atom is 0.0850 e. The van der Waals surface area contributed by atoms with Gasteiger partial charge < -0.3 is 5.32 Å². The van der Waals surface area contributed by atoms with Crippen LogP contribution in [0.1, 0.15) is 49.5 Å². The number of hydrogen-bond donors (Lipinski definition) is 1. The third kappa shape index (κ3) is 3.81. The minimum Gasteiger partial charge on any atom is -0.309 e. The molecule has 116 valence electrons. The molecule has 0 aliphatic rings. The Morgan fingerprint density at radius 3 is 2.76 bits per heavy atom. The molecule has 0 aliphatic carbocycles. The van der Waals surface area contributed by atoms with Gasteiger partial charge in [-0.1, -0.05) is 29.9 Å². The highest BCUT2D eigenvalue weighted by molar-refractivity contribution is 7.05. The zero-order valence-electron chi connectivity index (χ0n) is 12.8. The van der Waals surface area contributed by atoms with Crippen LogP contribution in [0.5, 0.6) is 0 Å². The second kappa shape index (κ2) is 7.87. The molecule has 0 aliphatic heterocycles. The summed E-state index contributed by atoms with van der Waals surface area (Å²) in [4.78, 5) is 1.14. The molecule has 0 spiro atoms. The highest BCUT2D eigenvalue weighted by Crippen LogP contribution is 2.27. The molecule has 5 nitrogen and oxygen atoms in total. The van der Waals surface area contributed by atoms with E-state index in [1.807, 2.05) is 10.9 Å². The monoisotopic (exact) mass is 327 g/mol. The minimum absolute atomic E-state index is 0.189. The van der Waals surface area contributed by atoms with Crippen molar-refractivity contribution in [2.45, 2.75) is 52.6 Å². The molecular weight excluding hydrogens is 306 g/mol. The zero-order chi connectivity index (χ0) is 15.2. The lowest BCUT2D eigenvalue weighted by molar-refractivity contribution is 0.507. The molecule has 7 heteroatoms. The summed E-state index contributed by atoms with van der Waals surface area (Å²) in [5.41, 5.74) is 2.07. The topological polar surface area (TPSA) is 55.6 Å². The molecule has 0 aromatic carbocycles. The molecule has 1 unspecified atom stereocenters. The van der Waals surface area contributed by atoms with Crippen molar-refractivity contribution in [3.8, 4) is 0 Å². The van der Waals surface area contributed by atoms with Crippen molar-refractivity contribution >= 4 is 23.1 Å². The lowest BCUT2D eigenvalue weighted by atomic mass is 10.1. The number of hydrogen-bond acceptors (Lipinski definition) is 5. The first-order valence-electron chi connectivity index (χ1n) is 7.45. The predicted molar refractivity (Wildman–Crippen MR) is 86.9 cm³/mol. The fourth-order valence-corrected chi connectivity index (χ4v) is 3.25. The van der Waals surface area contributed by atoms with Crippen LogP contribution in [-0.4, -0.2) is 25.9 Å². The molecule has 1 atom stereocenters. The first kappa shape index (κ1) is 16.4. The predicted octanol–water partition coefficient (Wildman–Crippen LogP) is 3.25. The Morgan fingerprint density at radius 2 is 2.19 bits per heavy atom. The van der Waals surface area contributed by atoms with Gasteiger partial charge in [-0.2, -0.15) is 5.10 Å². The number of rotatable bonds is 8. The smallest absolute Gasteiger partial charge is 0.0850 e. The maximum atomic E-state index is 6.51. The van der Waals surface area contributed by atoms with Crippen LogP contribution in [-0.2, 0) is 19.4 Å². The maximum absolute atomic E-state index is 6.51. The second-order valence-corrected chi connectivity index (χ2v) is 6.10. The summed E-state index contributed by atoms with van der Waals surface area (Å²) in [5, 5.41) is 12.9. The summed E-state index contributed by atoms with van der Waals surface area (Å²) in [6.07, 6.45) is 4.58. The quantitative estimate of drug-likeness (QED) is 0.808. The van der Waals surface area contributed by atoms with Crippen molar-refractivity contribution in [2.75, 3.05) is 6.54 Å². The van der Waals surface area contributed by atoms with Crippen LogP contribution in [0, 0.1) is 0 Å². The fourth-order valence-electron chi connectivity index (χ4n) is 2.33. The SMILES string of the molecule is CCCNC(Cc1c(Cl)c(CC)nn1CC)c1cnns1. The Labute approximate surface area is 134 Å². The molecule has 1 N–H and O–H groups in total. The lowest BCUT2D eigenvalue weighted by Gasteiger charge is -2.17. The van der Waals surface area contributed by atoms with E-state index in [9.17, 15) is 0 Å². The molecular formula is C14H22ClN5S. The standard InChI is InChI=1S/C14H22ClN5S/c1-4-7-16-11(13-9-17-19-21-13)8-12-14(15)10(5-2)18-20(12)6-3/h9,11,16H,4-8H2,1-3H3. The van der Waals surface area contributed by atoms with Gasteiger partial charge in [0.15, 0.2) is 0 Å². The van der Waals surface area contributed by atoms with Crippen LogP contribution in [0.2, 0.25) is 5.02 Å². The van der Waals surface area contributed by atoms with Crippen molar-refractivity contribution in [3.63, 3.8) is 0 Å². The normalized spacial score (nSPS) is 12.8. The second-order valence-electron chi connectivity index (χ2n) is 4.91. The number of aromatic nitrogens is 4. The van der Waals surface area contributed by atoms with E-state index in [2.05, 4.69) is 40.8 Å². The van der Waals surface area contributed by atoms with Gasteiger partial charge in [-0.05, 0) is 37.8 Å². The Balaban J connectivity index is 2.25. The van der Waals surface area contributed by atoms with Crippen molar-refractivity contribution in [3.05, 3.63) is 27.5 Å². The molecule has 0 radical (unpaired) electrons. The number of halogens is 1. The van der Waals surface area contributed by atoms with Gasteiger partial charge in [0.05, 0.1) is 33.5 Å². The Kier molecular flexibility index (Phi) is 6.14. The summed E-state index contributed by atoms with van der Waals surface area (Å²) < 4.78 is 5.99. The first-order valence-corrected chi connectivity index (χ1v) is 8.60. The summed E-state index contributed by atoms with van der Waals surface area (Å²) in [5.74, 6) is 0. The minimum atomic E-state index is 0.189. The van der Waals surface area contributed by atoms with Crippen LogP contribution in [0.15, 0.2) is 6.20 Å². The lowest BCUT2D eigenvalue weighted by Crippen LogP contribution is -2.24. The molecule has 0 saturated carbocycles. The van der Waals surface area contributed by atoms with Gasteiger partial charge in [0.1, 0.15) is 0 Å². The van der Waals surface area contributed by atoms with Gasteiger partial charge in [-0.3, -0.25) is 4.68 Å². The Bertz CT molecular complexity index is 552. The van der Waals surface area contributed by atoms with Crippen molar-refractivity contribution in [1.29, 1.82) is 0 Å². The molecule has 2 heterocycles. The Hall–Kier alpha value is -0.980. The van der Waals surface area contributed by atoms with E-state index in [0.717, 1.165) is 53.6 Å². The van der Waals surface area contributed by atoms with Gasteiger partial charge >= 0.3 is 0 Å². The third-order valence-electron chi connectivity index (χ3n) is 3.45. The highest BCUT2D eigenvalue weighted by Gasteiger charge is 2.21. The summed E-state index contributed by atoms with van der Waals surface area (Å²) in [6.45, 7) is 8.12. The molecule has 21 heavy (non-hydrogen) atoms. The molecule has 0 fully saturated rings. The summed E-state index contributed by atoms with van der Waals surface area (Å²) in [6, 6.07) is 0.189. The van der Waals surface area contributed by atoms with Crippen molar-refractivity contribution in [2.24, 2.45) is 0 Å². The number of nitrogens with zero attached hydrogens (tertiary/aromatic N) is 4. The van der Waals surface area contributed by atoms with Gasteiger partial charge in [0, 0.05) is 13.0 Å².